The Morgan fingerprint density at radius 2 is 1.95 bits per heavy atom. The molecule has 0 unspecified atom stereocenters. The molecule has 8 heteroatoms. The third-order valence-electron chi connectivity index (χ3n) is 2.70. The molecule has 0 saturated heterocycles. The molecular formula is C13H20F2N2O2S2. The molecule has 0 saturated carbocycles. The molecule has 0 fully saturated rings. The molecular weight excluding hydrogens is 318 g/mol. The van der Waals surface area contributed by atoms with E-state index in [2.05, 4.69) is 10.0 Å². The molecule has 0 aromatic heterocycles. The van der Waals surface area contributed by atoms with E-state index in [9.17, 15) is 17.2 Å². The fourth-order valence-electron chi connectivity index (χ4n) is 1.68. The van der Waals surface area contributed by atoms with Gasteiger partial charge in [-0.3, -0.25) is 0 Å². The van der Waals surface area contributed by atoms with E-state index in [-0.39, 0.29) is 6.54 Å². The molecule has 0 spiro atoms. The highest BCUT2D eigenvalue weighted by atomic mass is 32.2. The van der Waals surface area contributed by atoms with Gasteiger partial charge in [0.15, 0.2) is 11.6 Å². The molecule has 0 atom stereocenters. The number of sulfonamides is 1. The zero-order chi connectivity index (χ0) is 15.9. The van der Waals surface area contributed by atoms with Crippen LogP contribution in [-0.4, -0.2) is 33.5 Å². The van der Waals surface area contributed by atoms with Gasteiger partial charge < -0.3 is 5.32 Å². The molecule has 0 aliphatic heterocycles. The first-order valence-electron chi connectivity index (χ1n) is 6.59. The minimum atomic E-state index is -4.04. The maximum Gasteiger partial charge on any atom is 0.243 e. The molecule has 0 amide bonds. The zero-order valence-corrected chi connectivity index (χ0v) is 13.7. The molecule has 0 bridgehead atoms. The Hall–Kier alpha value is -0.700. The van der Waals surface area contributed by atoms with Gasteiger partial charge in [-0.2, -0.15) is 11.8 Å². The Labute approximate surface area is 128 Å². The van der Waals surface area contributed by atoms with Gasteiger partial charge in [-0.05, 0) is 36.9 Å². The standard InChI is InChI=1S/C13H20F2N2O2S2/c1-3-4-16-9-10-7-11(14)13(15)12(8-10)21(18,19)17-5-6-20-2/h7-8,16-17H,3-6,9H2,1-2H3. The highest BCUT2D eigenvalue weighted by molar-refractivity contribution is 7.98. The number of benzene rings is 1. The summed E-state index contributed by atoms with van der Waals surface area (Å²) in [6.45, 7) is 3.15. The summed E-state index contributed by atoms with van der Waals surface area (Å²) in [5, 5.41) is 3.02. The van der Waals surface area contributed by atoms with Gasteiger partial charge in [0, 0.05) is 18.8 Å². The van der Waals surface area contributed by atoms with E-state index in [0.29, 0.717) is 24.4 Å². The average molecular weight is 338 g/mol. The summed E-state index contributed by atoms with van der Waals surface area (Å²) in [5.74, 6) is -1.94. The van der Waals surface area contributed by atoms with Crippen LogP contribution < -0.4 is 10.0 Å². The summed E-state index contributed by atoms with van der Waals surface area (Å²) >= 11 is 1.46. The quantitative estimate of drug-likeness (QED) is 0.677. The van der Waals surface area contributed by atoms with Gasteiger partial charge in [-0.25, -0.2) is 21.9 Å². The second-order valence-electron chi connectivity index (χ2n) is 4.46. The van der Waals surface area contributed by atoms with E-state index in [1.54, 1.807) is 0 Å². The van der Waals surface area contributed by atoms with Gasteiger partial charge in [-0.15, -0.1) is 0 Å². The van der Waals surface area contributed by atoms with Gasteiger partial charge in [0.2, 0.25) is 10.0 Å². The average Bonchev–Trinajstić information content (AvgIpc) is 2.42. The monoisotopic (exact) mass is 338 g/mol. The zero-order valence-electron chi connectivity index (χ0n) is 12.1. The van der Waals surface area contributed by atoms with Gasteiger partial charge in [0.05, 0.1) is 0 Å². The second kappa shape index (κ2) is 8.67. The SMILES string of the molecule is CCCNCc1cc(F)c(F)c(S(=O)(=O)NCCSC)c1. The molecule has 21 heavy (non-hydrogen) atoms. The highest BCUT2D eigenvalue weighted by Crippen LogP contribution is 2.20. The molecule has 0 aliphatic carbocycles. The fraction of sp³-hybridized carbons (Fsp3) is 0.538. The minimum absolute atomic E-state index is 0.170. The summed E-state index contributed by atoms with van der Waals surface area (Å²) in [4.78, 5) is -0.642. The van der Waals surface area contributed by atoms with E-state index in [1.165, 1.54) is 17.8 Å². The molecule has 1 aromatic rings. The molecule has 0 aliphatic rings. The first-order valence-corrected chi connectivity index (χ1v) is 9.47. The number of hydrogen-bond acceptors (Lipinski definition) is 4. The third-order valence-corrected chi connectivity index (χ3v) is 4.77. The lowest BCUT2D eigenvalue weighted by Gasteiger charge is -2.10. The Morgan fingerprint density at radius 3 is 2.57 bits per heavy atom. The molecule has 120 valence electrons. The lowest BCUT2D eigenvalue weighted by Crippen LogP contribution is -2.27. The van der Waals surface area contributed by atoms with Crippen LogP contribution in [0.5, 0.6) is 0 Å². The van der Waals surface area contributed by atoms with Crippen molar-refractivity contribution in [3.63, 3.8) is 0 Å². The van der Waals surface area contributed by atoms with Crippen LogP contribution in [-0.2, 0) is 16.6 Å². The first kappa shape index (κ1) is 18.3. The highest BCUT2D eigenvalue weighted by Gasteiger charge is 2.22. The van der Waals surface area contributed by atoms with Crippen LogP contribution >= 0.6 is 11.8 Å². The summed E-state index contributed by atoms with van der Waals surface area (Å²) in [6.07, 6.45) is 2.72. The first-order chi connectivity index (χ1) is 9.92. The predicted octanol–water partition coefficient (Wildman–Crippen LogP) is 2.11. The van der Waals surface area contributed by atoms with Crippen molar-refractivity contribution in [2.24, 2.45) is 0 Å². The van der Waals surface area contributed by atoms with Gasteiger partial charge >= 0.3 is 0 Å². The summed E-state index contributed by atoms with van der Waals surface area (Å²) in [6, 6.07) is 2.18. The van der Waals surface area contributed by atoms with Crippen LogP contribution in [0.1, 0.15) is 18.9 Å². The van der Waals surface area contributed by atoms with E-state index in [1.807, 2.05) is 13.2 Å². The summed E-state index contributed by atoms with van der Waals surface area (Å²) in [5.41, 5.74) is 0.396. The van der Waals surface area contributed by atoms with Crippen LogP contribution in [0.15, 0.2) is 17.0 Å². The molecule has 0 radical (unpaired) electrons. The second-order valence-corrected chi connectivity index (χ2v) is 7.18. The minimum Gasteiger partial charge on any atom is -0.313 e. The lowest BCUT2D eigenvalue weighted by molar-refractivity contribution is 0.480. The Morgan fingerprint density at radius 1 is 1.24 bits per heavy atom. The molecule has 4 nitrogen and oxygen atoms in total. The van der Waals surface area contributed by atoms with Crippen LogP contribution in [0.2, 0.25) is 0 Å². The Balaban J connectivity index is 2.99. The molecule has 1 rings (SSSR count). The van der Waals surface area contributed by atoms with Crippen LogP contribution in [0.3, 0.4) is 0 Å². The maximum absolute atomic E-state index is 13.8. The van der Waals surface area contributed by atoms with E-state index >= 15 is 0 Å². The van der Waals surface area contributed by atoms with Gasteiger partial charge in [-0.1, -0.05) is 6.92 Å². The largest absolute Gasteiger partial charge is 0.313 e. The number of rotatable bonds is 9. The number of thioether (sulfide) groups is 1. The smallest absolute Gasteiger partial charge is 0.243 e. The number of nitrogens with one attached hydrogen (secondary N) is 2. The predicted molar refractivity (Wildman–Crippen MR) is 81.9 cm³/mol. The number of hydrogen-bond donors (Lipinski definition) is 2. The van der Waals surface area contributed by atoms with Crippen molar-refractivity contribution in [3.05, 3.63) is 29.3 Å². The third kappa shape index (κ3) is 5.54. The lowest BCUT2D eigenvalue weighted by atomic mass is 10.2. The van der Waals surface area contributed by atoms with Crippen molar-refractivity contribution >= 4 is 21.8 Å². The van der Waals surface area contributed by atoms with Crippen molar-refractivity contribution in [2.75, 3.05) is 25.1 Å². The number of halogens is 2. The van der Waals surface area contributed by atoms with Gasteiger partial charge in [0.25, 0.3) is 0 Å². The Kier molecular flexibility index (Phi) is 7.58. The fourth-order valence-corrected chi connectivity index (χ4v) is 3.28. The van der Waals surface area contributed by atoms with Crippen molar-refractivity contribution in [1.82, 2.24) is 10.0 Å². The van der Waals surface area contributed by atoms with E-state index in [4.69, 9.17) is 0 Å². The molecule has 0 heterocycles. The van der Waals surface area contributed by atoms with Crippen LogP contribution in [0.4, 0.5) is 8.78 Å². The van der Waals surface area contributed by atoms with Crippen LogP contribution in [0, 0.1) is 11.6 Å². The topological polar surface area (TPSA) is 58.2 Å². The van der Waals surface area contributed by atoms with Crippen molar-refractivity contribution in [3.8, 4) is 0 Å². The van der Waals surface area contributed by atoms with E-state index in [0.717, 1.165) is 12.5 Å². The molecule has 1 aromatic carbocycles. The normalized spacial score (nSPS) is 11.8. The van der Waals surface area contributed by atoms with Crippen LogP contribution in [0.25, 0.3) is 0 Å². The van der Waals surface area contributed by atoms with E-state index < -0.39 is 26.6 Å². The Bertz CT molecular complexity index is 566. The summed E-state index contributed by atoms with van der Waals surface area (Å²) in [7, 11) is -4.04. The summed E-state index contributed by atoms with van der Waals surface area (Å²) < 4.78 is 53.6. The van der Waals surface area contributed by atoms with Crippen molar-refractivity contribution in [2.45, 2.75) is 24.8 Å². The van der Waals surface area contributed by atoms with Crippen molar-refractivity contribution < 1.29 is 17.2 Å². The molecule has 2 N–H and O–H groups in total. The maximum atomic E-state index is 13.8. The van der Waals surface area contributed by atoms with Gasteiger partial charge in [0.1, 0.15) is 4.90 Å². The van der Waals surface area contributed by atoms with Crippen molar-refractivity contribution in [1.29, 1.82) is 0 Å².